The predicted octanol–water partition coefficient (Wildman–Crippen LogP) is 0.600. The summed E-state index contributed by atoms with van der Waals surface area (Å²) in [6.45, 7) is -0.0891. The SMILES string of the molecule is O=C(COS(=O)(=O)NC1CCCCC1)Nc1cccc(N(CCO)CCO)c1. The molecule has 0 unspecified atom stereocenters. The van der Waals surface area contributed by atoms with E-state index in [0.29, 0.717) is 24.5 Å². The largest absolute Gasteiger partial charge is 0.395 e. The van der Waals surface area contributed by atoms with Crippen LogP contribution in [-0.4, -0.2) is 63.5 Å². The molecule has 9 nitrogen and oxygen atoms in total. The lowest BCUT2D eigenvalue weighted by atomic mass is 9.96. The molecule has 0 heterocycles. The zero-order chi connectivity index (χ0) is 20.4. The standard InChI is InChI=1S/C18H29N3O6S/c22-11-9-21(10-12-23)17-8-4-7-16(13-17)19-18(24)14-27-28(25,26)20-15-5-2-1-3-6-15/h4,7-8,13,15,20,22-23H,1-3,5-6,9-12,14H2,(H,19,24). The van der Waals surface area contributed by atoms with Gasteiger partial charge in [0.1, 0.15) is 6.61 Å². The second-order valence-corrected chi connectivity index (χ2v) is 8.08. The van der Waals surface area contributed by atoms with E-state index in [-0.39, 0.29) is 19.3 Å². The van der Waals surface area contributed by atoms with Gasteiger partial charge in [0.05, 0.1) is 13.2 Å². The fourth-order valence-electron chi connectivity index (χ4n) is 3.18. The number of anilines is 2. The molecule has 0 aromatic heterocycles. The molecule has 28 heavy (non-hydrogen) atoms. The fraction of sp³-hybridized carbons (Fsp3) is 0.611. The van der Waals surface area contributed by atoms with E-state index in [1.807, 2.05) is 0 Å². The highest BCUT2D eigenvalue weighted by molar-refractivity contribution is 7.84. The maximum absolute atomic E-state index is 12.1. The Bertz CT molecular complexity index is 716. The van der Waals surface area contributed by atoms with Crippen LogP contribution in [0, 0.1) is 0 Å². The van der Waals surface area contributed by atoms with E-state index in [2.05, 4.69) is 10.0 Å². The Balaban J connectivity index is 1.87. The zero-order valence-electron chi connectivity index (χ0n) is 15.8. The van der Waals surface area contributed by atoms with Crippen LogP contribution in [0.15, 0.2) is 24.3 Å². The molecule has 0 saturated heterocycles. The van der Waals surface area contributed by atoms with Gasteiger partial charge < -0.3 is 20.4 Å². The molecule has 1 aliphatic carbocycles. The first-order valence-electron chi connectivity index (χ1n) is 9.47. The molecule has 2 rings (SSSR count). The predicted molar refractivity (Wildman–Crippen MR) is 106 cm³/mol. The van der Waals surface area contributed by atoms with Crippen LogP contribution in [0.3, 0.4) is 0 Å². The van der Waals surface area contributed by atoms with Gasteiger partial charge in [-0.2, -0.15) is 13.1 Å². The lowest BCUT2D eigenvalue weighted by Crippen LogP contribution is -2.38. The molecule has 0 radical (unpaired) electrons. The van der Waals surface area contributed by atoms with E-state index >= 15 is 0 Å². The van der Waals surface area contributed by atoms with Gasteiger partial charge in [-0.1, -0.05) is 25.3 Å². The van der Waals surface area contributed by atoms with Gasteiger partial charge in [-0.25, -0.2) is 4.18 Å². The average molecular weight is 416 g/mol. The molecular weight excluding hydrogens is 386 g/mol. The van der Waals surface area contributed by atoms with Crippen molar-refractivity contribution in [3.05, 3.63) is 24.3 Å². The van der Waals surface area contributed by atoms with Crippen LogP contribution in [-0.2, 0) is 19.3 Å². The van der Waals surface area contributed by atoms with E-state index in [0.717, 1.165) is 32.1 Å². The van der Waals surface area contributed by atoms with E-state index < -0.39 is 22.8 Å². The molecule has 1 fully saturated rings. The average Bonchev–Trinajstić information content (AvgIpc) is 2.67. The molecule has 1 amide bonds. The summed E-state index contributed by atoms with van der Waals surface area (Å²) in [4.78, 5) is 13.8. The van der Waals surface area contributed by atoms with Crippen molar-refractivity contribution in [1.29, 1.82) is 0 Å². The summed E-state index contributed by atoms with van der Waals surface area (Å²) in [6, 6.07) is 6.71. The highest BCUT2D eigenvalue weighted by atomic mass is 32.2. The van der Waals surface area contributed by atoms with Gasteiger partial charge in [0.2, 0.25) is 0 Å². The van der Waals surface area contributed by atoms with Gasteiger partial charge in [-0.15, -0.1) is 0 Å². The van der Waals surface area contributed by atoms with Crippen molar-refractivity contribution < 1.29 is 27.6 Å². The van der Waals surface area contributed by atoms with Crippen molar-refractivity contribution in [3.63, 3.8) is 0 Å². The van der Waals surface area contributed by atoms with E-state index in [1.165, 1.54) is 0 Å². The second-order valence-electron chi connectivity index (χ2n) is 6.70. The van der Waals surface area contributed by atoms with Gasteiger partial charge in [0.15, 0.2) is 0 Å². The Morgan fingerprint density at radius 3 is 2.46 bits per heavy atom. The number of aliphatic hydroxyl groups excluding tert-OH is 2. The summed E-state index contributed by atoms with van der Waals surface area (Å²) in [5.41, 5.74) is 1.18. The van der Waals surface area contributed by atoms with E-state index in [1.54, 1.807) is 29.2 Å². The van der Waals surface area contributed by atoms with Crippen LogP contribution in [0.5, 0.6) is 0 Å². The van der Waals surface area contributed by atoms with Crippen molar-refractivity contribution in [2.24, 2.45) is 0 Å². The van der Waals surface area contributed by atoms with Crippen LogP contribution in [0.2, 0.25) is 0 Å². The molecule has 0 atom stereocenters. The van der Waals surface area contributed by atoms with Crippen molar-refractivity contribution in [1.82, 2.24) is 4.72 Å². The van der Waals surface area contributed by atoms with Gasteiger partial charge in [0, 0.05) is 30.5 Å². The highest BCUT2D eigenvalue weighted by Gasteiger charge is 2.21. The Labute approximate surface area is 165 Å². The molecule has 4 N–H and O–H groups in total. The number of rotatable bonds is 11. The normalized spacial score (nSPS) is 15.4. The highest BCUT2D eigenvalue weighted by Crippen LogP contribution is 2.20. The monoisotopic (exact) mass is 415 g/mol. The number of hydrogen-bond donors (Lipinski definition) is 4. The Morgan fingerprint density at radius 1 is 1.14 bits per heavy atom. The lowest BCUT2D eigenvalue weighted by Gasteiger charge is -2.23. The fourth-order valence-corrected chi connectivity index (χ4v) is 4.15. The molecule has 0 aliphatic heterocycles. The van der Waals surface area contributed by atoms with Crippen molar-refractivity contribution in [2.45, 2.75) is 38.1 Å². The number of carbonyl (C=O) groups excluding carboxylic acids is 1. The number of amides is 1. The number of nitrogens with zero attached hydrogens (tertiary/aromatic N) is 1. The molecular formula is C18H29N3O6S. The molecule has 1 aromatic rings. The van der Waals surface area contributed by atoms with Gasteiger partial charge in [-0.3, -0.25) is 4.79 Å². The number of benzene rings is 1. The zero-order valence-corrected chi connectivity index (χ0v) is 16.7. The smallest absolute Gasteiger partial charge is 0.336 e. The molecule has 10 heteroatoms. The van der Waals surface area contributed by atoms with Crippen molar-refractivity contribution in [3.8, 4) is 0 Å². The number of hydrogen-bond acceptors (Lipinski definition) is 7. The first kappa shape index (κ1) is 22.6. The van der Waals surface area contributed by atoms with Crippen molar-refractivity contribution in [2.75, 3.05) is 43.1 Å². The van der Waals surface area contributed by atoms with Crippen LogP contribution >= 0.6 is 0 Å². The van der Waals surface area contributed by atoms with Crippen molar-refractivity contribution >= 4 is 27.6 Å². The molecule has 0 spiro atoms. The van der Waals surface area contributed by atoms with Crippen LogP contribution in [0.1, 0.15) is 32.1 Å². The van der Waals surface area contributed by atoms with Gasteiger partial charge >= 0.3 is 10.3 Å². The van der Waals surface area contributed by atoms with Gasteiger partial charge in [0.25, 0.3) is 5.91 Å². The van der Waals surface area contributed by atoms with Gasteiger partial charge in [-0.05, 0) is 31.0 Å². The third-order valence-corrected chi connectivity index (χ3v) is 5.55. The first-order valence-corrected chi connectivity index (χ1v) is 10.9. The van der Waals surface area contributed by atoms with Crippen LogP contribution in [0.4, 0.5) is 11.4 Å². The first-order chi connectivity index (χ1) is 13.4. The summed E-state index contributed by atoms with van der Waals surface area (Å²) in [5, 5.41) is 20.9. The molecule has 1 aromatic carbocycles. The molecule has 158 valence electrons. The minimum Gasteiger partial charge on any atom is -0.395 e. The maximum atomic E-state index is 12.1. The summed E-state index contributed by atoms with van der Waals surface area (Å²) < 4.78 is 31.2. The Kier molecular flexibility index (Phi) is 9.13. The Hall–Kier alpha value is -1.72. The quantitative estimate of drug-likeness (QED) is 0.417. The topological polar surface area (TPSA) is 128 Å². The summed E-state index contributed by atoms with van der Waals surface area (Å²) in [5.74, 6) is -0.595. The minimum absolute atomic E-state index is 0.0731. The lowest BCUT2D eigenvalue weighted by molar-refractivity contribution is -0.118. The van der Waals surface area contributed by atoms with E-state index in [9.17, 15) is 13.2 Å². The summed E-state index contributed by atoms with van der Waals surface area (Å²) in [6.07, 6.45) is 4.62. The second kappa shape index (κ2) is 11.3. The third-order valence-electron chi connectivity index (χ3n) is 4.50. The third kappa shape index (κ3) is 7.72. The number of nitrogens with one attached hydrogen (secondary N) is 2. The molecule has 1 saturated carbocycles. The Morgan fingerprint density at radius 2 is 1.82 bits per heavy atom. The minimum atomic E-state index is -3.98. The number of carbonyl (C=O) groups is 1. The number of aliphatic hydroxyl groups is 2. The van der Waals surface area contributed by atoms with Crippen LogP contribution < -0.4 is 14.9 Å². The van der Waals surface area contributed by atoms with Crippen LogP contribution in [0.25, 0.3) is 0 Å². The molecule has 0 bridgehead atoms. The molecule has 1 aliphatic rings. The van der Waals surface area contributed by atoms with E-state index in [4.69, 9.17) is 14.4 Å². The summed E-state index contributed by atoms with van der Waals surface area (Å²) in [7, 11) is -3.98. The summed E-state index contributed by atoms with van der Waals surface area (Å²) >= 11 is 0. The maximum Gasteiger partial charge on any atom is 0.336 e.